The molecule has 2 nitrogen and oxygen atoms in total. The van der Waals surface area contributed by atoms with Crippen molar-refractivity contribution < 1.29 is 0 Å². The van der Waals surface area contributed by atoms with E-state index in [0.29, 0.717) is 0 Å². The highest BCUT2D eigenvalue weighted by Crippen LogP contribution is 2.29. The average molecular weight is 221 g/mol. The summed E-state index contributed by atoms with van der Waals surface area (Å²) in [5.41, 5.74) is 4.33. The first-order valence-corrected chi connectivity index (χ1v) is 5.40. The van der Waals surface area contributed by atoms with Crippen molar-refractivity contribution >= 4 is 11.6 Å². The van der Waals surface area contributed by atoms with Crippen molar-refractivity contribution in [3.05, 3.63) is 40.5 Å². The fraction of sp³-hybridized carbons (Fsp3) is 0.250. The minimum absolute atomic E-state index is 0.749. The highest BCUT2D eigenvalue weighted by atomic mass is 35.5. The van der Waals surface area contributed by atoms with E-state index in [-0.39, 0.29) is 0 Å². The summed E-state index contributed by atoms with van der Waals surface area (Å²) in [6.07, 6.45) is 0.961. The first-order valence-electron chi connectivity index (χ1n) is 5.02. The lowest BCUT2D eigenvalue weighted by Crippen LogP contribution is -1.86. The molecule has 15 heavy (non-hydrogen) atoms. The van der Waals surface area contributed by atoms with Gasteiger partial charge in [-0.2, -0.15) is 5.10 Å². The third-order valence-electron chi connectivity index (χ3n) is 2.56. The lowest BCUT2D eigenvalue weighted by Gasteiger charge is -2.02. The molecule has 78 valence electrons. The summed E-state index contributed by atoms with van der Waals surface area (Å²) in [5.74, 6) is 0. The highest BCUT2D eigenvalue weighted by molar-refractivity contribution is 6.33. The van der Waals surface area contributed by atoms with Gasteiger partial charge in [-0.05, 0) is 19.4 Å². The van der Waals surface area contributed by atoms with Gasteiger partial charge in [0.25, 0.3) is 0 Å². The predicted octanol–water partition coefficient (Wildman–Crippen LogP) is 3.60. The van der Waals surface area contributed by atoms with Gasteiger partial charge >= 0.3 is 0 Å². The molecule has 0 saturated carbocycles. The van der Waals surface area contributed by atoms with Crippen LogP contribution in [0.5, 0.6) is 0 Å². The van der Waals surface area contributed by atoms with E-state index in [2.05, 4.69) is 17.1 Å². The van der Waals surface area contributed by atoms with Crippen LogP contribution in [0.3, 0.4) is 0 Å². The zero-order valence-corrected chi connectivity index (χ0v) is 9.60. The summed E-state index contributed by atoms with van der Waals surface area (Å²) >= 11 is 6.14. The topological polar surface area (TPSA) is 28.7 Å². The van der Waals surface area contributed by atoms with E-state index in [0.717, 1.165) is 28.4 Å². The van der Waals surface area contributed by atoms with Crippen LogP contribution in [0.15, 0.2) is 24.3 Å². The molecular weight excluding hydrogens is 208 g/mol. The SMILES string of the molecule is CCc1c(-c2ccccc2Cl)n[nH]c1C. The molecule has 0 aliphatic carbocycles. The Morgan fingerprint density at radius 2 is 2.07 bits per heavy atom. The first kappa shape index (κ1) is 10.2. The van der Waals surface area contributed by atoms with Crippen molar-refractivity contribution in [3.8, 4) is 11.3 Å². The molecule has 1 aromatic carbocycles. The number of H-pyrrole nitrogens is 1. The van der Waals surface area contributed by atoms with E-state index in [1.807, 2.05) is 31.2 Å². The second-order valence-corrected chi connectivity index (χ2v) is 3.92. The average Bonchev–Trinajstić information content (AvgIpc) is 2.60. The quantitative estimate of drug-likeness (QED) is 0.823. The Morgan fingerprint density at radius 3 is 2.73 bits per heavy atom. The fourth-order valence-corrected chi connectivity index (χ4v) is 1.99. The number of benzene rings is 1. The molecule has 1 N–H and O–H groups in total. The van der Waals surface area contributed by atoms with Crippen molar-refractivity contribution in [2.45, 2.75) is 20.3 Å². The third-order valence-corrected chi connectivity index (χ3v) is 2.89. The summed E-state index contributed by atoms with van der Waals surface area (Å²) in [6, 6.07) is 7.79. The van der Waals surface area contributed by atoms with E-state index < -0.39 is 0 Å². The van der Waals surface area contributed by atoms with Crippen LogP contribution in [-0.4, -0.2) is 10.2 Å². The van der Waals surface area contributed by atoms with Gasteiger partial charge in [0.05, 0.1) is 10.7 Å². The van der Waals surface area contributed by atoms with Crippen LogP contribution < -0.4 is 0 Å². The molecule has 0 fully saturated rings. The second-order valence-electron chi connectivity index (χ2n) is 3.51. The van der Waals surface area contributed by atoms with Crippen LogP contribution in [0.1, 0.15) is 18.2 Å². The predicted molar refractivity (Wildman–Crippen MR) is 63.1 cm³/mol. The van der Waals surface area contributed by atoms with Gasteiger partial charge in [-0.1, -0.05) is 36.7 Å². The lowest BCUT2D eigenvalue weighted by molar-refractivity contribution is 1.04. The molecule has 2 aromatic rings. The number of nitrogens with zero attached hydrogens (tertiary/aromatic N) is 1. The molecule has 0 aliphatic rings. The van der Waals surface area contributed by atoms with Gasteiger partial charge in [-0.25, -0.2) is 0 Å². The number of aryl methyl sites for hydroxylation is 1. The standard InChI is InChI=1S/C12H13ClN2/c1-3-9-8(2)14-15-12(9)10-6-4-5-7-11(10)13/h4-7H,3H2,1-2H3,(H,14,15). The maximum atomic E-state index is 6.14. The normalized spacial score (nSPS) is 10.6. The summed E-state index contributed by atoms with van der Waals surface area (Å²) < 4.78 is 0. The summed E-state index contributed by atoms with van der Waals surface area (Å²) in [4.78, 5) is 0. The van der Waals surface area contributed by atoms with Crippen LogP contribution in [0.4, 0.5) is 0 Å². The Labute approximate surface area is 94.3 Å². The molecule has 0 bridgehead atoms. The van der Waals surface area contributed by atoms with Gasteiger partial charge in [0.1, 0.15) is 0 Å². The number of halogens is 1. The molecule has 1 heterocycles. The number of rotatable bonds is 2. The van der Waals surface area contributed by atoms with Crippen molar-refractivity contribution in [3.63, 3.8) is 0 Å². The molecule has 0 amide bonds. The van der Waals surface area contributed by atoms with Crippen LogP contribution in [0.2, 0.25) is 5.02 Å². The third kappa shape index (κ3) is 1.77. The van der Waals surface area contributed by atoms with Gasteiger partial charge in [0.15, 0.2) is 0 Å². The Kier molecular flexibility index (Phi) is 2.78. The summed E-state index contributed by atoms with van der Waals surface area (Å²) in [6.45, 7) is 4.16. The number of nitrogens with one attached hydrogen (secondary N) is 1. The molecular formula is C12H13ClN2. The monoisotopic (exact) mass is 220 g/mol. The van der Waals surface area contributed by atoms with Crippen molar-refractivity contribution in [2.24, 2.45) is 0 Å². The maximum absolute atomic E-state index is 6.14. The van der Waals surface area contributed by atoms with Crippen molar-refractivity contribution in [2.75, 3.05) is 0 Å². The highest BCUT2D eigenvalue weighted by Gasteiger charge is 2.12. The maximum Gasteiger partial charge on any atom is 0.0970 e. The minimum Gasteiger partial charge on any atom is -0.282 e. The van der Waals surface area contributed by atoms with Gasteiger partial charge in [-0.3, -0.25) is 5.10 Å². The van der Waals surface area contributed by atoms with E-state index in [1.54, 1.807) is 0 Å². The van der Waals surface area contributed by atoms with Gasteiger partial charge in [0, 0.05) is 16.8 Å². The van der Waals surface area contributed by atoms with E-state index in [1.165, 1.54) is 5.56 Å². The number of aromatic amines is 1. The van der Waals surface area contributed by atoms with E-state index >= 15 is 0 Å². The van der Waals surface area contributed by atoms with Crippen LogP contribution in [0, 0.1) is 6.92 Å². The summed E-state index contributed by atoms with van der Waals surface area (Å²) in [5, 5.41) is 8.06. The molecule has 3 heteroatoms. The van der Waals surface area contributed by atoms with Gasteiger partial charge < -0.3 is 0 Å². The van der Waals surface area contributed by atoms with Crippen LogP contribution >= 0.6 is 11.6 Å². The van der Waals surface area contributed by atoms with Crippen LogP contribution in [-0.2, 0) is 6.42 Å². The largest absolute Gasteiger partial charge is 0.282 e. The lowest BCUT2D eigenvalue weighted by atomic mass is 10.0. The molecule has 2 rings (SSSR count). The minimum atomic E-state index is 0.749. The number of hydrogen-bond acceptors (Lipinski definition) is 1. The molecule has 0 saturated heterocycles. The Bertz CT molecular complexity index is 474. The van der Waals surface area contributed by atoms with E-state index in [9.17, 15) is 0 Å². The van der Waals surface area contributed by atoms with Gasteiger partial charge in [0.2, 0.25) is 0 Å². The molecule has 0 unspecified atom stereocenters. The zero-order chi connectivity index (χ0) is 10.8. The second kappa shape index (κ2) is 4.07. The first-order chi connectivity index (χ1) is 7.24. The molecule has 0 aliphatic heterocycles. The Hall–Kier alpha value is -1.28. The smallest absolute Gasteiger partial charge is 0.0970 e. The molecule has 0 spiro atoms. The number of hydrogen-bond donors (Lipinski definition) is 1. The number of aromatic nitrogens is 2. The molecule has 0 atom stereocenters. The molecule has 1 aromatic heterocycles. The van der Waals surface area contributed by atoms with Gasteiger partial charge in [-0.15, -0.1) is 0 Å². The molecule has 0 radical (unpaired) electrons. The van der Waals surface area contributed by atoms with E-state index in [4.69, 9.17) is 11.6 Å². The van der Waals surface area contributed by atoms with Crippen molar-refractivity contribution in [1.29, 1.82) is 0 Å². The fourth-order valence-electron chi connectivity index (χ4n) is 1.76. The van der Waals surface area contributed by atoms with Crippen molar-refractivity contribution in [1.82, 2.24) is 10.2 Å². The van der Waals surface area contributed by atoms with Crippen LogP contribution in [0.25, 0.3) is 11.3 Å². The Balaban J connectivity index is 2.59. The Morgan fingerprint density at radius 1 is 1.33 bits per heavy atom. The summed E-state index contributed by atoms with van der Waals surface area (Å²) in [7, 11) is 0. The zero-order valence-electron chi connectivity index (χ0n) is 8.84.